The quantitative estimate of drug-likeness (QED) is 0.442. The maximum atomic E-state index is 13.3. The molecule has 0 atom stereocenters. The van der Waals surface area contributed by atoms with Crippen LogP contribution in [0.15, 0.2) is 48.5 Å². The van der Waals surface area contributed by atoms with Crippen LogP contribution in [0, 0.1) is 13.8 Å². The van der Waals surface area contributed by atoms with Gasteiger partial charge in [-0.1, -0.05) is 12.1 Å². The number of esters is 1. The van der Waals surface area contributed by atoms with Gasteiger partial charge in [-0.25, -0.2) is 4.68 Å². The monoisotopic (exact) mass is 461 g/mol. The van der Waals surface area contributed by atoms with Gasteiger partial charge in [-0.05, 0) is 80.6 Å². The Bertz CT molecular complexity index is 1160. The Morgan fingerprint density at radius 2 is 1.71 bits per heavy atom. The number of nitrogens with zero attached hydrogens (tertiary/aromatic N) is 3. The lowest BCUT2D eigenvalue weighted by Gasteiger charge is -2.23. The maximum Gasteiger partial charge on any atom is 0.305 e. The molecule has 3 aromatic rings. The van der Waals surface area contributed by atoms with Crippen LogP contribution in [-0.4, -0.2) is 46.8 Å². The predicted octanol–water partition coefficient (Wildman–Crippen LogP) is 4.41. The fourth-order valence-electron chi connectivity index (χ4n) is 4.21. The Morgan fingerprint density at radius 3 is 2.29 bits per heavy atom. The van der Waals surface area contributed by atoms with E-state index in [9.17, 15) is 9.59 Å². The first-order valence-corrected chi connectivity index (χ1v) is 11.6. The van der Waals surface area contributed by atoms with Crippen molar-refractivity contribution in [1.82, 2.24) is 14.7 Å². The average molecular weight is 462 g/mol. The molecule has 1 aliphatic rings. The summed E-state index contributed by atoms with van der Waals surface area (Å²) in [6.45, 7) is 4.52. The Morgan fingerprint density at radius 1 is 1.03 bits per heavy atom. The lowest BCUT2D eigenvalue weighted by Crippen LogP contribution is -2.32. The number of carbonyl (C=O) groups is 2. The first-order valence-electron chi connectivity index (χ1n) is 11.6. The molecule has 1 aromatic heterocycles. The highest BCUT2D eigenvalue weighted by Crippen LogP contribution is 2.30. The van der Waals surface area contributed by atoms with Crippen molar-refractivity contribution in [2.45, 2.75) is 52.1 Å². The van der Waals surface area contributed by atoms with Crippen molar-refractivity contribution in [3.8, 4) is 11.4 Å². The van der Waals surface area contributed by atoms with Gasteiger partial charge in [-0.15, -0.1) is 0 Å². The smallest absolute Gasteiger partial charge is 0.305 e. The lowest BCUT2D eigenvalue weighted by molar-refractivity contribution is -0.140. The summed E-state index contributed by atoms with van der Waals surface area (Å²) >= 11 is 0. The van der Waals surface area contributed by atoms with E-state index in [1.165, 1.54) is 7.11 Å². The van der Waals surface area contributed by atoms with Crippen molar-refractivity contribution in [3.05, 3.63) is 76.6 Å². The number of aromatic nitrogens is 2. The van der Waals surface area contributed by atoms with E-state index in [0.29, 0.717) is 31.0 Å². The number of hydrogen-bond donors (Lipinski definition) is 0. The molecule has 0 spiro atoms. The van der Waals surface area contributed by atoms with Crippen molar-refractivity contribution in [2.24, 2.45) is 0 Å². The summed E-state index contributed by atoms with van der Waals surface area (Å²) in [5, 5.41) is 4.66. The highest BCUT2D eigenvalue weighted by Gasteiger charge is 2.33. The van der Waals surface area contributed by atoms with E-state index in [2.05, 4.69) is 5.10 Å². The molecule has 1 amide bonds. The molecule has 0 unspecified atom stereocenters. The number of rotatable bonds is 9. The van der Waals surface area contributed by atoms with E-state index in [-0.39, 0.29) is 11.9 Å². The SMILES string of the molecule is COC(=O)CCc1c(C)nn(-c2ccc(C(=O)N(Cc3ccc(OC)cc3)C3CC3)cc2)c1C. The highest BCUT2D eigenvalue weighted by atomic mass is 16.5. The summed E-state index contributed by atoms with van der Waals surface area (Å²) in [5.41, 5.74) is 5.55. The zero-order valence-corrected chi connectivity index (χ0v) is 20.2. The Labute approximate surface area is 200 Å². The van der Waals surface area contributed by atoms with E-state index in [0.717, 1.165) is 46.8 Å². The van der Waals surface area contributed by atoms with Gasteiger partial charge in [0.05, 0.1) is 25.6 Å². The molecule has 0 N–H and O–H groups in total. The van der Waals surface area contributed by atoms with Crippen LogP contribution < -0.4 is 4.74 Å². The molecule has 0 saturated heterocycles. The van der Waals surface area contributed by atoms with Crippen molar-refractivity contribution in [1.29, 1.82) is 0 Å². The van der Waals surface area contributed by atoms with Gasteiger partial charge in [0.1, 0.15) is 5.75 Å². The standard InChI is InChI=1S/C27H31N3O4/c1-18-25(15-16-26(31)34-4)19(2)30(28-18)23-9-7-21(8-10-23)27(32)29(22-11-12-22)17-20-5-13-24(33-3)14-6-20/h5-10,13-14,22H,11-12,15-17H2,1-4H3. The van der Waals surface area contributed by atoms with Crippen LogP contribution in [0.3, 0.4) is 0 Å². The minimum atomic E-state index is -0.232. The summed E-state index contributed by atoms with van der Waals surface area (Å²) < 4.78 is 11.9. The van der Waals surface area contributed by atoms with Gasteiger partial charge in [0.25, 0.3) is 5.91 Å². The van der Waals surface area contributed by atoms with Gasteiger partial charge >= 0.3 is 5.97 Å². The number of benzene rings is 2. The van der Waals surface area contributed by atoms with Gasteiger partial charge in [0.15, 0.2) is 0 Å². The van der Waals surface area contributed by atoms with Crippen LogP contribution >= 0.6 is 0 Å². The molecule has 178 valence electrons. The third-order valence-electron chi connectivity index (χ3n) is 6.37. The van der Waals surface area contributed by atoms with E-state index in [1.54, 1.807) is 7.11 Å². The summed E-state index contributed by atoms with van der Waals surface area (Å²) in [6.07, 6.45) is 2.99. The average Bonchev–Trinajstić information content (AvgIpc) is 3.66. The first-order chi connectivity index (χ1) is 16.4. The van der Waals surface area contributed by atoms with Gasteiger partial charge in [-0.3, -0.25) is 9.59 Å². The number of hydrogen-bond acceptors (Lipinski definition) is 5. The van der Waals surface area contributed by atoms with Crippen molar-refractivity contribution < 1.29 is 19.1 Å². The molecular formula is C27H31N3O4. The predicted molar refractivity (Wildman–Crippen MR) is 129 cm³/mol. The third-order valence-corrected chi connectivity index (χ3v) is 6.37. The van der Waals surface area contributed by atoms with Crippen LogP contribution in [-0.2, 0) is 22.5 Å². The fraction of sp³-hybridized carbons (Fsp3) is 0.370. The summed E-state index contributed by atoms with van der Waals surface area (Å²) in [4.78, 5) is 26.8. The van der Waals surface area contributed by atoms with Gasteiger partial charge in [0.2, 0.25) is 0 Å². The van der Waals surface area contributed by atoms with Crippen LogP contribution in [0.5, 0.6) is 5.75 Å². The van der Waals surface area contributed by atoms with Gasteiger partial charge in [0, 0.05) is 30.3 Å². The Balaban J connectivity index is 1.50. The summed E-state index contributed by atoms with van der Waals surface area (Å²) in [5.74, 6) is 0.613. The number of aryl methyl sites for hydroxylation is 1. The number of carbonyl (C=O) groups excluding carboxylic acids is 2. The number of amides is 1. The maximum absolute atomic E-state index is 13.3. The molecule has 1 aliphatic carbocycles. The zero-order chi connectivity index (χ0) is 24.2. The second kappa shape index (κ2) is 10.1. The van der Waals surface area contributed by atoms with Crippen LogP contribution in [0.1, 0.15) is 52.1 Å². The molecular weight excluding hydrogens is 430 g/mol. The fourth-order valence-corrected chi connectivity index (χ4v) is 4.21. The van der Waals surface area contributed by atoms with Crippen LogP contribution in [0.2, 0.25) is 0 Å². The lowest BCUT2D eigenvalue weighted by atomic mass is 10.1. The number of methoxy groups -OCH3 is 2. The van der Waals surface area contributed by atoms with E-state index in [4.69, 9.17) is 9.47 Å². The summed E-state index contributed by atoms with van der Waals surface area (Å²) in [7, 11) is 3.05. The Kier molecular flexibility index (Phi) is 7.01. The molecule has 34 heavy (non-hydrogen) atoms. The van der Waals surface area contributed by atoms with Crippen molar-refractivity contribution >= 4 is 11.9 Å². The van der Waals surface area contributed by atoms with E-state index < -0.39 is 0 Å². The third kappa shape index (κ3) is 5.14. The molecule has 1 saturated carbocycles. The topological polar surface area (TPSA) is 73.7 Å². The molecule has 7 heteroatoms. The van der Waals surface area contributed by atoms with Crippen LogP contribution in [0.25, 0.3) is 5.69 Å². The zero-order valence-electron chi connectivity index (χ0n) is 20.2. The largest absolute Gasteiger partial charge is 0.497 e. The molecule has 0 bridgehead atoms. The summed E-state index contributed by atoms with van der Waals surface area (Å²) in [6, 6.07) is 15.7. The van der Waals surface area contributed by atoms with Crippen molar-refractivity contribution in [2.75, 3.05) is 14.2 Å². The molecule has 1 heterocycles. The van der Waals surface area contributed by atoms with Crippen LogP contribution in [0.4, 0.5) is 0 Å². The van der Waals surface area contributed by atoms with Gasteiger partial charge < -0.3 is 14.4 Å². The molecule has 1 fully saturated rings. The molecule has 4 rings (SSSR count). The molecule has 0 radical (unpaired) electrons. The highest BCUT2D eigenvalue weighted by molar-refractivity contribution is 5.94. The normalized spacial score (nSPS) is 12.9. The van der Waals surface area contributed by atoms with Crippen molar-refractivity contribution in [3.63, 3.8) is 0 Å². The van der Waals surface area contributed by atoms with E-state index >= 15 is 0 Å². The minimum Gasteiger partial charge on any atom is -0.497 e. The number of ether oxygens (including phenoxy) is 2. The molecule has 2 aromatic carbocycles. The second-order valence-corrected chi connectivity index (χ2v) is 8.70. The second-order valence-electron chi connectivity index (χ2n) is 8.70. The molecule has 0 aliphatic heterocycles. The van der Waals surface area contributed by atoms with E-state index in [1.807, 2.05) is 72.0 Å². The molecule has 7 nitrogen and oxygen atoms in total. The van der Waals surface area contributed by atoms with Gasteiger partial charge in [-0.2, -0.15) is 5.10 Å². The minimum absolute atomic E-state index is 0.0389. The first kappa shape index (κ1) is 23.5. The Hall–Kier alpha value is -3.61.